The molecular weight excluding hydrogens is 994 g/mol. The number of rotatable bonds is 18. The van der Waals surface area contributed by atoms with Crippen LogP contribution in [-0.4, -0.2) is 160 Å². The molecule has 0 saturated carbocycles. The number of halogens is 1. The van der Waals surface area contributed by atoms with E-state index in [2.05, 4.69) is 15.6 Å². The maximum Gasteiger partial charge on any atom is 0.409 e. The van der Waals surface area contributed by atoms with Gasteiger partial charge in [-0.05, 0) is 51.3 Å². The summed E-state index contributed by atoms with van der Waals surface area (Å²) in [6.07, 6.45) is 3.34. The fraction of sp³-hybridized carbons (Fsp3) is 0.633. The Labute approximate surface area is 433 Å². The van der Waals surface area contributed by atoms with Crippen molar-refractivity contribution >= 4 is 74.6 Å². The quantitative estimate of drug-likeness (QED) is 0.0637. The van der Waals surface area contributed by atoms with Gasteiger partial charge in [0.15, 0.2) is 5.72 Å². The summed E-state index contributed by atoms with van der Waals surface area (Å²) in [4.78, 5) is 83.2. The van der Waals surface area contributed by atoms with E-state index in [0.29, 0.717) is 55.5 Å². The minimum Gasteiger partial charge on any atom is -0.495 e. The van der Waals surface area contributed by atoms with Crippen LogP contribution in [0.25, 0.3) is 0 Å². The molecule has 0 radical (unpaired) electrons. The number of nitrogens with one attached hydrogen (secondary N) is 1. The third-order valence-electron chi connectivity index (χ3n) is 13.7. The number of alkyl carbamates (subject to hydrolysis) is 1. The number of likely N-dealkylation sites (N-methyl/N-ethyl adjacent to an activating group) is 1. The number of nitrogens with zero attached hydrogens (tertiary/aromatic N) is 6. The number of likely N-dealkylation sites (tertiary alicyclic amines) is 1. The minimum atomic E-state index is -1.86. The average Bonchev–Trinajstić information content (AvgIpc) is 3.72. The molecule has 3 saturated heterocycles. The van der Waals surface area contributed by atoms with Crippen LogP contribution in [0.3, 0.4) is 0 Å². The SMILES string of the molecule is COc1cc2cc(c1Cl)N(C)C(=O)C[C@H](OC(=O)[C@H](C)N(C)C(=O)CCC(C)SSCCOCCn1cc(CN3C(=O)CC(C)C3=O)nn1)[C@]1(C)O[C@@H]1[C@H](C)[C@@H]1C[C@@](O)(NC(=O)O1)[C@H](OC)/C=C/C=C(\C)C2. The lowest BCUT2D eigenvalue weighted by Gasteiger charge is -2.42. The van der Waals surface area contributed by atoms with Crippen LogP contribution in [0.2, 0.25) is 5.02 Å². The maximum atomic E-state index is 14.3. The topological polar surface area (TPSA) is 234 Å². The Balaban J connectivity index is 1.04. The second kappa shape index (κ2) is 24.5. The van der Waals surface area contributed by atoms with Crippen molar-refractivity contribution < 1.29 is 62.3 Å². The van der Waals surface area contributed by atoms with Gasteiger partial charge in [-0.25, -0.2) is 14.3 Å². The second-order valence-corrected chi connectivity index (χ2v) is 22.5. The summed E-state index contributed by atoms with van der Waals surface area (Å²) in [5.74, 6) is -1.68. The molecule has 2 N–H and O–H groups in total. The smallest absolute Gasteiger partial charge is 0.409 e. The van der Waals surface area contributed by atoms with E-state index in [4.69, 9.17) is 40.0 Å². The molecule has 1 aromatic heterocycles. The van der Waals surface area contributed by atoms with Gasteiger partial charge in [0, 0.05) is 63.3 Å². The molecule has 0 aliphatic carbocycles. The van der Waals surface area contributed by atoms with Crippen LogP contribution in [0.1, 0.15) is 84.9 Å². The average molecular weight is 1060 g/mol. The zero-order valence-electron chi connectivity index (χ0n) is 42.6. The number of epoxide rings is 1. The van der Waals surface area contributed by atoms with Crippen LogP contribution in [0.5, 0.6) is 5.75 Å². The molecule has 6 rings (SSSR count). The number of methoxy groups -OCH3 is 2. The third-order valence-corrected chi connectivity index (χ3v) is 17.0. The van der Waals surface area contributed by atoms with Crippen molar-refractivity contribution in [1.82, 2.24) is 30.1 Å². The zero-order valence-corrected chi connectivity index (χ0v) is 45.0. The molecule has 5 amide bonds. The standard InChI is InChI=1S/C49H68ClN7O13S2/c1-28-12-11-13-38(66-10)49(64)25-37(68-47(63)51-49)31(4)44-48(6,70-44)39(24-41(59)55(8)35-22-33(20-28)23-36(65-9)43(35)50)69-46(62)32(5)54(7)40(58)15-14-30(3)72-71-19-18-67-17-16-56-26-34(52-53-56)27-57-42(60)21-29(2)45(57)61/h11-13,22-23,26,29-32,37-39,44,64H,14-21,24-25,27H2,1-10H3,(H,51,63)/b13-11+,28-12+/t29?,30?,31-,32+,37+,38-,39+,44-,48+,49+/m1/s1. The number of amides is 5. The molecule has 2 unspecified atom stereocenters. The van der Waals surface area contributed by atoms with Crippen molar-refractivity contribution in [3.05, 3.63) is 58.4 Å². The largest absolute Gasteiger partial charge is 0.495 e. The van der Waals surface area contributed by atoms with Gasteiger partial charge in [0.25, 0.3) is 0 Å². The van der Waals surface area contributed by atoms with Crippen LogP contribution >= 0.6 is 33.2 Å². The van der Waals surface area contributed by atoms with Gasteiger partial charge in [-0.3, -0.25) is 29.4 Å². The molecular formula is C49H68ClN7O13S2. The number of carbonyl (C=O) groups excluding carboxylic acids is 6. The zero-order chi connectivity index (χ0) is 52.7. The lowest BCUT2D eigenvalue weighted by molar-refractivity contribution is -0.162. The first-order valence-electron chi connectivity index (χ1n) is 24.0. The Hall–Kier alpha value is -4.71. The molecule has 20 nitrogen and oxygen atoms in total. The molecule has 10 atom stereocenters. The van der Waals surface area contributed by atoms with Crippen LogP contribution in [0.4, 0.5) is 10.5 Å². The van der Waals surface area contributed by atoms with E-state index < -0.39 is 65.7 Å². The van der Waals surface area contributed by atoms with E-state index in [1.54, 1.807) is 91.5 Å². The summed E-state index contributed by atoms with van der Waals surface area (Å²) in [6.45, 7) is 12.2. The van der Waals surface area contributed by atoms with Crippen molar-refractivity contribution in [1.29, 1.82) is 0 Å². The number of carbonyl (C=O) groups is 6. The fourth-order valence-corrected chi connectivity index (χ4v) is 11.5. The molecule has 4 aliphatic heterocycles. The molecule has 3 fully saturated rings. The molecule has 396 valence electrons. The highest BCUT2D eigenvalue weighted by Gasteiger charge is 2.64. The third kappa shape index (κ3) is 13.7. The first-order valence-corrected chi connectivity index (χ1v) is 26.8. The number of ether oxygens (including phenoxy) is 6. The lowest BCUT2D eigenvalue weighted by atomic mass is 9.83. The van der Waals surface area contributed by atoms with Gasteiger partial charge in [0.1, 0.15) is 46.4 Å². The normalized spacial score (nSPS) is 28.8. The highest BCUT2D eigenvalue weighted by molar-refractivity contribution is 8.76. The van der Waals surface area contributed by atoms with Gasteiger partial charge in [0.05, 0.1) is 57.8 Å². The van der Waals surface area contributed by atoms with Crippen molar-refractivity contribution in [3.63, 3.8) is 0 Å². The van der Waals surface area contributed by atoms with E-state index >= 15 is 0 Å². The Bertz CT molecular complexity index is 2390. The van der Waals surface area contributed by atoms with E-state index in [-0.39, 0.29) is 66.1 Å². The monoisotopic (exact) mass is 1060 g/mol. The number of esters is 1. The molecule has 4 aliphatic rings. The minimum absolute atomic E-state index is 0.0731. The molecule has 2 aromatic rings. The summed E-state index contributed by atoms with van der Waals surface area (Å²) in [5, 5.41) is 22.8. The van der Waals surface area contributed by atoms with Gasteiger partial charge < -0.3 is 43.3 Å². The van der Waals surface area contributed by atoms with Gasteiger partial charge in [-0.1, -0.05) is 83.0 Å². The van der Waals surface area contributed by atoms with E-state index in [0.717, 1.165) is 11.1 Å². The van der Waals surface area contributed by atoms with Gasteiger partial charge in [0.2, 0.25) is 23.6 Å². The van der Waals surface area contributed by atoms with Gasteiger partial charge in [-0.15, -0.1) is 5.10 Å². The van der Waals surface area contributed by atoms with Crippen LogP contribution in [0, 0.1) is 11.8 Å². The summed E-state index contributed by atoms with van der Waals surface area (Å²) in [5.41, 5.74) is -0.501. The number of benzene rings is 1. The van der Waals surface area contributed by atoms with Gasteiger partial charge in [-0.2, -0.15) is 0 Å². The number of imide groups is 1. The summed E-state index contributed by atoms with van der Waals surface area (Å²) in [6, 6.07) is 2.54. The fourth-order valence-electron chi connectivity index (χ4n) is 8.98. The van der Waals surface area contributed by atoms with E-state index in [1.165, 1.54) is 36.0 Å². The van der Waals surface area contributed by atoms with Crippen molar-refractivity contribution in [2.75, 3.05) is 52.2 Å². The first-order chi connectivity index (χ1) is 34.1. The highest BCUT2D eigenvalue weighted by atomic mass is 35.5. The molecule has 72 heavy (non-hydrogen) atoms. The highest BCUT2D eigenvalue weighted by Crippen LogP contribution is 2.49. The van der Waals surface area contributed by atoms with E-state index in [9.17, 15) is 33.9 Å². The van der Waals surface area contributed by atoms with Crippen molar-refractivity contribution in [3.8, 4) is 5.75 Å². The predicted molar refractivity (Wildman–Crippen MR) is 270 cm³/mol. The Kier molecular flexibility index (Phi) is 19.3. The molecule has 23 heteroatoms. The number of hydrogen-bond acceptors (Lipinski definition) is 17. The number of hydrogen-bond donors (Lipinski definition) is 2. The van der Waals surface area contributed by atoms with Crippen LogP contribution in [0.15, 0.2) is 42.1 Å². The van der Waals surface area contributed by atoms with Crippen LogP contribution < -0.4 is 15.0 Å². The van der Waals surface area contributed by atoms with Gasteiger partial charge >= 0.3 is 12.1 Å². The number of aromatic nitrogens is 3. The van der Waals surface area contributed by atoms with Crippen LogP contribution in [-0.2, 0) is 67.2 Å². The molecule has 5 heterocycles. The maximum absolute atomic E-state index is 14.3. The summed E-state index contributed by atoms with van der Waals surface area (Å²) in [7, 11) is 9.28. The Morgan fingerprint density at radius 2 is 1.86 bits per heavy atom. The Morgan fingerprint density at radius 3 is 2.56 bits per heavy atom. The summed E-state index contributed by atoms with van der Waals surface area (Å²) < 4.78 is 36.9. The summed E-state index contributed by atoms with van der Waals surface area (Å²) >= 11 is 6.82. The van der Waals surface area contributed by atoms with E-state index in [1.807, 2.05) is 19.9 Å². The number of fused-ring (bicyclic) bond motifs is 5. The lowest BCUT2D eigenvalue weighted by Crippen LogP contribution is -2.63. The molecule has 0 spiro atoms. The number of aliphatic hydroxyl groups is 1. The number of allylic oxidation sites excluding steroid dienone is 3. The first kappa shape index (κ1) is 56.6. The Morgan fingerprint density at radius 1 is 1.11 bits per heavy atom. The molecule has 1 aromatic carbocycles. The number of anilines is 1. The van der Waals surface area contributed by atoms with Crippen molar-refractivity contribution in [2.45, 2.75) is 140 Å². The predicted octanol–water partition coefficient (Wildman–Crippen LogP) is 5.27. The molecule has 4 bridgehead atoms. The van der Waals surface area contributed by atoms with Crippen molar-refractivity contribution in [2.24, 2.45) is 11.8 Å². The second-order valence-electron chi connectivity index (χ2n) is 19.2.